The summed E-state index contributed by atoms with van der Waals surface area (Å²) in [5.41, 5.74) is 0.222. The van der Waals surface area contributed by atoms with Crippen molar-refractivity contribution in [3.8, 4) is 0 Å². The Hall–Kier alpha value is -2.97. The highest BCUT2D eigenvalue weighted by Gasteiger charge is 2.45. The molecule has 0 saturated heterocycles. The van der Waals surface area contributed by atoms with Gasteiger partial charge in [0.15, 0.2) is 6.10 Å². The number of esters is 4. The summed E-state index contributed by atoms with van der Waals surface area (Å²) in [5, 5.41) is 0. The van der Waals surface area contributed by atoms with Gasteiger partial charge >= 0.3 is 23.9 Å². The minimum atomic E-state index is -1.24. The molecule has 1 rings (SSSR count). The van der Waals surface area contributed by atoms with Crippen LogP contribution in [0.25, 0.3) is 0 Å². The molecule has 0 aromatic carbocycles. The molecule has 9 nitrogen and oxygen atoms in total. The Bertz CT molecular complexity index is 760. The van der Waals surface area contributed by atoms with Crippen LogP contribution in [0.4, 0.5) is 0 Å². The van der Waals surface area contributed by atoms with Crippen LogP contribution in [0.15, 0.2) is 23.3 Å². The number of hydrogen-bond donors (Lipinski definition) is 0. The smallest absolute Gasteiger partial charge is 0.334 e. The Morgan fingerprint density at radius 3 is 2.07 bits per heavy atom. The highest BCUT2D eigenvalue weighted by atomic mass is 16.6. The third kappa shape index (κ3) is 7.46. The molecule has 0 aliphatic heterocycles. The van der Waals surface area contributed by atoms with E-state index in [1.165, 1.54) is 39.8 Å². The molecular formula is C21H28O9. The first-order valence-electron chi connectivity index (χ1n) is 9.50. The van der Waals surface area contributed by atoms with Gasteiger partial charge in [-0.05, 0) is 25.0 Å². The molecule has 0 heterocycles. The summed E-state index contributed by atoms with van der Waals surface area (Å²) in [5.74, 6) is -3.78. The summed E-state index contributed by atoms with van der Waals surface area (Å²) < 4.78 is 20.5. The molecule has 3 atom stereocenters. The van der Waals surface area contributed by atoms with E-state index in [1.54, 1.807) is 0 Å². The normalized spacial score (nSPS) is 21.6. The molecule has 0 fully saturated rings. The maximum atomic E-state index is 13.0. The van der Waals surface area contributed by atoms with Gasteiger partial charge in [0.1, 0.15) is 19.3 Å². The first-order chi connectivity index (χ1) is 13.9. The quantitative estimate of drug-likeness (QED) is 0.325. The van der Waals surface area contributed by atoms with Crippen molar-refractivity contribution in [2.24, 2.45) is 11.8 Å². The average molecular weight is 424 g/mol. The lowest BCUT2D eigenvalue weighted by Crippen LogP contribution is -2.49. The number of Topliss-reactive ketones (excluding diaryl/α,β-unsaturated/α-hetero) is 1. The maximum Gasteiger partial charge on any atom is 0.334 e. The van der Waals surface area contributed by atoms with Crippen molar-refractivity contribution >= 4 is 29.7 Å². The van der Waals surface area contributed by atoms with Crippen LogP contribution < -0.4 is 0 Å². The van der Waals surface area contributed by atoms with Gasteiger partial charge in [-0.15, -0.1) is 0 Å². The highest BCUT2D eigenvalue weighted by molar-refractivity contribution is 6.02. The van der Waals surface area contributed by atoms with Crippen molar-refractivity contribution in [3.05, 3.63) is 23.3 Å². The van der Waals surface area contributed by atoms with Crippen molar-refractivity contribution in [2.45, 2.75) is 53.8 Å². The summed E-state index contributed by atoms with van der Waals surface area (Å²) in [7, 11) is 0. The van der Waals surface area contributed by atoms with E-state index in [-0.39, 0.29) is 30.3 Å². The summed E-state index contributed by atoms with van der Waals surface area (Å²) >= 11 is 0. The Balaban J connectivity index is 3.17. The van der Waals surface area contributed by atoms with Gasteiger partial charge in [0.05, 0.1) is 0 Å². The topological polar surface area (TPSA) is 122 Å². The van der Waals surface area contributed by atoms with Crippen molar-refractivity contribution in [2.75, 3.05) is 13.2 Å². The van der Waals surface area contributed by atoms with Gasteiger partial charge in [-0.1, -0.05) is 13.8 Å². The molecule has 30 heavy (non-hydrogen) atoms. The maximum absolute atomic E-state index is 13.0. The molecule has 0 spiro atoms. The molecule has 0 N–H and O–H groups in total. The fourth-order valence-electron chi connectivity index (χ4n) is 2.96. The zero-order valence-electron chi connectivity index (χ0n) is 18.1. The van der Waals surface area contributed by atoms with Crippen LogP contribution in [0, 0.1) is 11.8 Å². The van der Waals surface area contributed by atoms with Crippen molar-refractivity contribution in [1.29, 1.82) is 0 Å². The third-order valence-electron chi connectivity index (χ3n) is 4.40. The zero-order chi connectivity index (χ0) is 23.0. The fourth-order valence-corrected chi connectivity index (χ4v) is 2.96. The summed E-state index contributed by atoms with van der Waals surface area (Å²) in [6.45, 7) is 8.30. The van der Waals surface area contributed by atoms with Crippen LogP contribution in [-0.4, -0.2) is 55.1 Å². The Labute approximate surface area is 175 Å². The second-order valence-corrected chi connectivity index (χ2v) is 7.25. The standard InChI is InChI=1S/C21H28O9/c1-11(2)18-17(29-15(6)24)9-16(10-28-14(5)23)19(25)20(18)30-21(26)12(3)7-8-27-13(4)22/h7,9,11,17-18,20H,8,10H2,1-6H3/t17-,18-,20+/m1/s1. The van der Waals surface area contributed by atoms with Crippen LogP contribution in [0.3, 0.4) is 0 Å². The second kappa shape index (κ2) is 11.3. The number of carbonyl (C=O) groups excluding carboxylic acids is 5. The van der Waals surface area contributed by atoms with Crippen molar-refractivity contribution < 1.29 is 42.9 Å². The molecule has 0 aromatic rings. The summed E-state index contributed by atoms with van der Waals surface area (Å²) in [6.07, 6.45) is 0.717. The van der Waals surface area contributed by atoms with Gasteiger partial charge in [-0.3, -0.25) is 19.2 Å². The van der Waals surface area contributed by atoms with Crippen LogP contribution in [0.5, 0.6) is 0 Å². The van der Waals surface area contributed by atoms with Gasteiger partial charge in [0, 0.05) is 37.8 Å². The number of rotatable bonds is 8. The lowest BCUT2D eigenvalue weighted by molar-refractivity contribution is -0.164. The Morgan fingerprint density at radius 1 is 0.967 bits per heavy atom. The highest BCUT2D eigenvalue weighted by Crippen LogP contribution is 2.33. The molecule has 166 valence electrons. The van der Waals surface area contributed by atoms with E-state index in [4.69, 9.17) is 18.9 Å². The lowest BCUT2D eigenvalue weighted by atomic mass is 9.77. The predicted molar refractivity (Wildman–Crippen MR) is 104 cm³/mol. The molecule has 1 aliphatic rings. The van der Waals surface area contributed by atoms with Gasteiger partial charge in [-0.25, -0.2) is 4.79 Å². The average Bonchev–Trinajstić information content (AvgIpc) is 2.61. The van der Waals surface area contributed by atoms with E-state index < -0.39 is 47.8 Å². The SMILES string of the molecule is CC(=O)OCC=C(C)C(=O)O[C@@H]1C(=O)C(COC(C)=O)=C[C@@H](OC(C)=O)[C@H]1C(C)C. The fraction of sp³-hybridized carbons (Fsp3) is 0.571. The van der Waals surface area contributed by atoms with Crippen LogP contribution in [0.2, 0.25) is 0 Å². The minimum Gasteiger partial charge on any atom is -0.462 e. The first-order valence-corrected chi connectivity index (χ1v) is 9.50. The first kappa shape index (κ1) is 25.1. The van der Waals surface area contributed by atoms with E-state index in [0.717, 1.165) is 0 Å². The molecule has 9 heteroatoms. The van der Waals surface area contributed by atoms with E-state index >= 15 is 0 Å². The Morgan fingerprint density at radius 2 is 1.57 bits per heavy atom. The van der Waals surface area contributed by atoms with E-state index in [9.17, 15) is 24.0 Å². The largest absolute Gasteiger partial charge is 0.462 e. The van der Waals surface area contributed by atoms with Gasteiger partial charge in [0.25, 0.3) is 0 Å². The van der Waals surface area contributed by atoms with Gasteiger partial charge in [0.2, 0.25) is 5.78 Å². The lowest BCUT2D eigenvalue weighted by Gasteiger charge is -2.37. The predicted octanol–water partition coefficient (Wildman–Crippen LogP) is 1.68. The van der Waals surface area contributed by atoms with Crippen molar-refractivity contribution in [1.82, 2.24) is 0 Å². The Kier molecular flexibility index (Phi) is 9.42. The van der Waals surface area contributed by atoms with Crippen LogP contribution >= 0.6 is 0 Å². The molecule has 0 aromatic heterocycles. The summed E-state index contributed by atoms with van der Waals surface area (Å²) in [6, 6.07) is 0. The molecule has 0 radical (unpaired) electrons. The number of carbonyl (C=O) groups is 5. The molecule has 0 saturated carbocycles. The number of hydrogen-bond acceptors (Lipinski definition) is 9. The van der Waals surface area contributed by atoms with Gasteiger partial charge in [-0.2, -0.15) is 0 Å². The van der Waals surface area contributed by atoms with Gasteiger partial charge < -0.3 is 18.9 Å². The monoisotopic (exact) mass is 424 g/mol. The molecule has 0 bridgehead atoms. The number of ether oxygens (including phenoxy) is 4. The van der Waals surface area contributed by atoms with E-state index in [0.29, 0.717) is 0 Å². The molecular weight excluding hydrogens is 396 g/mol. The van der Waals surface area contributed by atoms with Crippen LogP contribution in [-0.2, 0) is 42.9 Å². The molecule has 1 aliphatic carbocycles. The van der Waals surface area contributed by atoms with Crippen molar-refractivity contribution in [3.63, 3.8) is 0 Å². The summed E-state index contributed by atoms with van der Waals surface area (Å²) in [4.78, 5) is 59.0. The van der Waals surface area contributed by atoms with Crippen LogP contribution in [0.1, 0.15) is 41.5 Å². The second-order valence-electron chi connectivity index (χ2n) is 7.25. The minimum absolute atomic E-state index is 0.0766. The molecule has 0 unspecified atom stereocenters. The zero-order valence-corrected chi connectivity index (χ0v) is 18.1. The molecule has 0 amide bonds. The van der Waals surface area contributed by atoms with E-state index in [1.807, 2.05) is 13.8 Å². The number of ketones is 1. The third-order valence-corrected chi connectivity index (χ3v) is 4.40. The van der Waals surface area contributed by atoms with E-state index in [2.05, 4.69) is 0 Å².